The summed E-state index contributed by atoms with van der Waals surface area (Å²) < 4.78 is 11.1. The van der Waals surface area contributed by atoms with Crippen molar-refractivity contribution in [1.29, 1.82) is 0 Å². The predicted octanol–water partition coefficient (Wildman–Crippen LogP) is 2.25. The fraction of sp³-hybridized carbons (Fsp3) is 0.286. The standard InChI is InChI=1S/C14H16N4O2S/c1-2-10-13(18-15)16-8-17-14(10)21-9-3-4-11-12(7-9)20-6-5-19-11/h3-4,7-8H,2,5-6,15H2,1H3,(H,16,17,18). The average molecular weight is 304 g/mol. The van der Waals surface area contributed by atoms with Gasteiger partial charge < -0.3 is 14.9 Å². The highest BCUT2D eigenvalue weighted by molar-refractivity contribution is 7.99. The number of anilines is 1. The van der Waals surface area contributed by atoms with Gasteiger partial charge in [-0.25, -0.2) is 15.8 Å². The van der Waals surface area contributed by atoms with Crippen molar-refractivity contribution >= 4 is 17.6 Å². The van der Waals surface area contributed by atoms with Gasteiger partial charge in [-0.1, -0.05) is 18.7 Å². The molecule has 0 atom stereocenters. The molecule has 2 aromatic rings. The molecule has 0 saturated heterocycles. The van der Waals surface area contributed by atoms with Crippen molar-refractivity contribution in [3.8, 4) is 11.5 Å². The number of hydrogen-bond donors (Lipinski definition) is 2. The molecule has 0 fully saturated rings. The van der Waals surface area contributed by atoms with Crippen LogP contribution in [0, 0.1) is 0 Å². The van der Waals surface area contributed by atoms with E-state index < -0.39 is 0 Å². The van der Waals surface area contributed by atoms with E-state index in [2.05, 4.69) is 15.4 Å². The summed E-state index contributed by atoms with van der Waals surface area (Å²) in [6, 6.07) is 5.89. The number of hydrazine groups is 1. The van der Waals surface area contributed by atoms with E-state index in [1.807, 2.05) is 25.1 Å². The maximum absolute atomic E-state index is 5.60. The smallest absolute Gasteiger partial charge is 0.162 e. The Morgan fingerprint density at radius 3 is 2.81 bits per heavy atom. The molecule has 0 unspecified atom stereocenters. The van der Waals surface area contributed by atoms with Gasteiger partial charge in [0.15, 0.2) is 11.5 Å². The lowest BCUT2D eigenvalue weighted by molar-refractivity contribution is 0.171. The molecule has 1 aromatic carbocycles. The second-order valence-corrected chi connectivity index (χ2v) is 5.47. The molecule has 0 amide bonds. The summed E-state index contributed by atoms with van der Waals surface area (Å²) in [5, 5.41) is 0.886. The predicted molar refractivity (Wildman–Crippen MR) is 80.8 cm³/mol. The molecule has 21 heavy (non-hydrogen) atoms. The highest BCUT2D eigenvalue weighted by Gasteiger charge is 2.14. The molecule has 1 aliphatic heterocycles. The molecule has 0 bridgehead atoms. The van der Waals surface area contributed by atoms with Crippen LogP contribution in [0.15, 0.2) is 34.4 Å². The Kier molecular flexibility index (Phi) is 4.12. The minimum atomic E-state index is 0.579. The van der Waals surface area contributed by atoms with Gasteiger partial charge in [0.1, 0.15) is 30.4 Å². The van der Waals surface area contributed by atoms with Gasteiger partial charge in [-0.05, 0) is 24.6 Å². The first-order valence-electron chi connectivity index (χ1n) is 6.69. The molecule has 3 rings (SSSR count). The van der Waals surface area contributed by atoms with Crippen LogP contribution in [0.5, 0.6) is 11.5 Å². The fourth-order valence-electron chi connectivity index (χ4n) is 2.13. The lowest BCUT2D eigenvalue weighted by Gasteiger charge is -2.19. The summed E-state index contributed by atoms with van der Waals surface area (Å²) in [5.74, 6) is 7.71. The third kappa shape index (κ3) is 2.88. The van der Waals surface area contributed by atoms with Gasteiger partial charge in [0.25, 0.3) is 0 Å². The van der Waals surface area contributed by atoms with Crippen molar-refractivity contribution in [3.63, 3.8) is 0 Å². The van der Waals surface area contributed by atoms with Gasteiger partial charge in [0.2, 0.25) is 0 Å². The summed E-state index contributed by atoms with van der Waals surface area (Å²) in [6.07, 6.45) is 2.31. The van der Waals surface area contributed by atoms with Crippen LogP contribution in [0.1, 0.15) is 12.5 Å². The van der Waals surface area contributed by atoms with Crippen molar-refractivity contribution in [2.24, 2.45) is 5.84 Å². The lowest BCUT2D eigenvalue weighted by Crippen LogP contribution is -2.15. The molecular formula is C14H16N4O2S. The highest BCUT2D eigenvalue weighted by atomic mass is 32.2. The zero-order valence-electron chi connectivity index (χ0n) is 11.6. The van der Waals surface area contributed by atoms with Gasteiger partial charge >= 0.3 is 0 Å². The SMILES string of the molecule is CCc1c(NN)ncnc1Sc1ccc2c(c1)OCCO2. The number of aromatic nitrogens is 2. The van der Waals surface area contributed by atoms with Gasteiger partial charge in [-0.2, -0.15) is 0 Å². The van der Waals surface area contributed by atoms with Crippen molar-refractivity contribution in [1.82, 2.24) is 9.97 Å². The van der Waals surface area contributed by atoms with E-state index in [4.69, 9.17) is 15.3 Å². The molecule has 0 saturated carbocycles. The van der Waals surface area contributed by atoms with Crippen LogP contribution >= 0.6 is 11.8 Å². The van der Waals surface area contributed by atoms with Crippen molar-refractivity contribution in [2.75, 3.05) is 18.6 Å². The maximum Gasteiger partial charge on any atom is 0.162 e. The van der Waals surface area contributed by atoms with Crippen LogP contribution < -0.4 is 20.7 Å². The molecule has 6 nitrogen and oxygen atoms in total. The minimum Gasteiger partial charge on any atom is -0.486 e. The number of ether oxygens (including phenoxy) is 2. The third-order valence-electron chi connectivity index (χ3n) is 3.12. The van der Waals surface area contributed by atoms with Crippen molar-refractivity contribution < 1.29 is 9.47 Å². The van der Waals surface area contributed by atoms with E-state index in [1.54, 1.807) is 11.8 Å². The summed E-state index contributed by atoms with van der Waals surface area (Å²) >= 11 is 1.56. The molecule has 0 spiro atoms. The molecule has 3 N–H and O–H groups in total. The maximum atomic E-state index is 5.60. The highest BCUT2D eigenvalue weighted by Crippen LogP contribution is 2.37. The van der Waals surface area contributed by atoms with Crippen LogP contribution in [-0.2, 0) is 6.42 Å². The Morgan fingerprint density at radius 1 is 1.24 bits per heavy atom. The van der Waals surface area contributed by atoms with E-state index in [9.17, 15) is 0 Å². The molecule has 2 heterocycles. The first kappa shape index (κ1) is 14.0. The normalized spacial score (nSPS) is 13.0. The summed E-state index contributed by atoms with van der Waals surface area (Å²) in [5.41, 5.74) is 3.61. The van der Waals surface area contributed by atoms with E-state index in [0.717, 1.165) is 33.4 Å². The van der Waals surface area contributed by atoms with Gasteiger partial charge in [0, 0.05) is 10.5 Å². The van der Waals surface area contributed by atoms with Crippen LogP contribution in [0.2, 0.25) is 0 Å². The van der Waals surface area contributed by atoms with E-state index in [1.165, 1.54) is 6.33 Å². The second-order valence-electron chi connectivity index (χ2n) is 4.41. The average Bonchev–Trinajstić information content (AvgIpc) is 2.54. The van der Waals surface area contributed by atoms with Crippen LogP contribution in [-0.4, -0.2) is 23.2 Å². The third-order valence-corrected chi connectivity index (χ3v) is 4.16. The van der Waals surface area contributed by atoms with Gasteiger partial charge in [0.05, 0.1) is 0 Å². The minimum absolute atomic E-state index is 0.579. The first-order chi connectivity index (χ1) is 10.3. The Bertz CT molecular complexity index is 651. The molecule has 1 aliphatic rings. The summed E-state index contributed by atoms with van der Waals surface area (Å²) in [7, 11) is 0. The number of benzene rings is 1. The van der Waals surface area contributed by atoms with E-state index in [0.29, 0.717) is 19.0 Å². The Labute approximate surface area is 127 Å². The molecule has 1 aromatic heterocycles. The van der Waals surface area contributed by atoms with Crippen LogP contribution in [0.3, 0.4) is 0 Å². The second kappa shape index (κ2) is 6.19. The number of hydrogen-bond acceptors (Lipinski definition) is 7. The van der Waals surface area contributed by atoms with Crippen LogP contribution in [0.25, 0.3) is 0 Å². The van der Waals surface area contributed by atoms with Gasteiger partial charge in [-0.3, -0.25) is 0 Å². The van der Waals surface area contributed by atoms with Crippen molar-refractivity contribution in [2.45, 2.75) is 23.3 Å². The zero-order valence-corrected chi connectivity index (χ0v) is 12.4. The van der Waals surface area contributed by atoms with Crippen molar-refractivity contribution in [3.05, 3.63) is 30.1 Å². The fourth-order valence-corrected chi connectivity index (χ4v) is 3.12. The number of nitrogens with one attached hydrogen (secondary N) is 1. The largest absolute Gasteiger partial charge is 0.486 e. The Morgan fingerprint density at radius 2 is 2.05 bits per heavy atom. The number of nitrogens with zero attached hydrogens (tertiary/aromatic N) is 2. The number of fused-ring (bicyclic) bond motifs is 1. The molecule has 0 aliphatic carbocycles. The Hall–Kier alpha value is -1.99. The quantitative estimate of drug-likeness (QED) is 0.509. The summed E-state index contributed by atoms with van der Waals surface area (Å²) in [6.45, 7) is 3.22. The monoisotopic (exact) mass is 304 g/mol. The molecule has 7 heteroatoms. The lowest BCUT2D eigenvalue weighted by atomic mass is 10.2. The van der Waals surface area contributed by atoms with E-state index in [-0.39, 0.29) is 0 Å². The first-order valence-corrected chi connectivity index (χ1v) is 7.51. The number of nitrogens with two attached hydrogens (primary N) is 1. The van der Waals surface area contributed by atoms with Crippen LogP contribution in [0.4, 0.5) is 5.82 Å². The molecular weight excluding hydrogens is 288 g/mol. The van der Waals surface area contributed by atoms with Gasteiger partial charge in [-0.15, -0.1) is 0 Å². The molecule has 0 radical (unpaired) electrons. The zero-order chi connectivity index (χ0) is 14.7. The number of nitrogen functional groups attached to an aromatic ring is 1. The van der Waals surface area contributed by atoms with E-state index >= 15 is 0 Å². The topological polar surface area (TPSA) is 82.3 Å². The summed E-state index contributed by atoms with van der Waals surface area (Å²) in [4.78, 5) is 9.52. The molecule has 110 valence electrons. The Balaban J connectivity index is 1.90. The number of rotatable bonds is 4.